The Morgan fingerprint density at radius 3 is 2.41 bits per heavy atom. The van der Waals surface area contributed by atoms with Crippen molar-refractivity contribution in [2.45, 2.75) is 6.54 Å². The first kappa shape index (κ1) is 15.8. The summed E-state index contributed by atoms with van der Waals surface area (Å²) in [5.74, 6) is -2.62. The molecule has 2 rings (SSSR count). The van der Waals surface area contributed by atoms with Crippen LogP contribution in [0, 0.1) is 0 Å². The van der Waals surface area contributed by atoms with E-state index in [1.54, 1.807) is 24.3 Å². The van der Waals surface area contributed by atoms with Gasteiger partial charge < -0.3 is 20.1 Å². The van der Waals surface area contributed by atoms with E-state index in [2.05, 4.69) is 21.2 Å². The van der Waals surface area contributed by atoms with Gasteiger partial charge in [-0.2, -0.15) is 0 Å². The largest absolute Gasteiger partial charge is 0.503 e. The Hall–Kier alpha value is -2.61. The third kappa shape index (κ3) is 3.73. The average molecular weight is 367 g/mol. The maximum atomic E-state index is 11.9. The second-order valence-electron chi connectivity index (χ2n) is 4.42. The average Bonchev–Trinajstić information content (AvgIpc) is 2.44. The third-order valence-corrected chi connectivity index (χ3v) is 3.27. The summed E-state index contributed by atoms with van der Waals surface area (Å²) in [4.78, 5) is 34.2. The highest BCUT2D eigenvalue weighted by Crippen LogP contribution is 2.14. The van der Waals surface area contributed by atoms with E-state index in [0.29, 0.717) is 5.69 Å². The Morgan fingerprint density at radius 2 is 1.82 bits per heavy atom. The number of carbonyl (C=O) groups is 2. The molecular formula is C14H11BrN2O5. The van der Waals surface area contributed by atoms with Crippen LogP contribution in [0.2, 0.25) is 0 Å². The molecule has 1 aromatic heterocycles. The number of aromatic carboxylic acids is 1. The molecule has 1 amide bonds. The summed E-state index contributed by atoms with van der Waals surface area (Å²) >= 11 is 3.27. The number of aromatic hydroxyl groups is 1. The SMILES string of the molecule is O=C(Cn1cc(O)c(=O)c(C(=O)O)c1)Nc1ccc(Br)cc1. The first-order valence-electron chi connectivity index (χ1n) is 6.08. The third-order valence-electron chi connectivity index (χ3n) is 2.74. The Morgan fingerprint density at radius 1 is 1.18 bits per heavy atom. The summed E-state index contributed by atoms with van der Waals surface area (Å²) in [5.41, 5.74) is -1.02. The van der Waals surface area contributed by atoms with Crippen molar-refractivity contribution in [3.8, 4) is 5.75 Å². The second kappa shape index (κ2) is 6.44. The zero-order valence-electron chi connectivity index (χ0n) is 11.1. The van der Waals surface area contributed by atoms with E-state index < -0.39 is 28.6 Å². The molecule has 0 fully saturated rings. The normalized spacial score (nSPS) is 10.2. The zero-order chi connectivity index (χ0) is 16.3. The van der Waals surface area contributed by atoms with Crippen LogP contribution in [-0.4, -0.2) is 26.7 Å². The van der Waals surface area contributed by atoms with Crippen molar-refractivity contribution in [2.24, 2.45) is 0 Å². The molecule has 114 valence electrons. The number of hydrogen-bond acceptors (Lipinski definition) is 4. The van der Waals surface area contributed by atoms with E-state index in [0.717, 1.165) is 21.4 Å². The second-order valence-corrected chi connectivity index (χ2v) is 5.33. The number of carboxylic acid groups (broad SMARTS) is 1. The molecule has 0 aliphatic heterocycles. The van der Waals surface area contributed by atoms with Crippen LogP contribution >= 0.6 is 15.9 Å². The molecule has 3 N–H and O–H groups in total. The smallest absolute Gasteiger partial charge is 0.341 e. The Balaban J connectivity index is 2.16. The highest BCUT2D eigenvalue weighted by molar-refractivity contribution is 9.10. The Labute approximate surface area is 133 Å². The molecule has 0 radical (unpaired) electrons. The number of nitrogens with one attached hydrogen (secondary N) is 1. The fourth-order valence-electron chi connectivity index (χ4n) is 1.76. The van der Waals surface area contributed by atoms with Crippen LogP contribution in [0.1, 0.15) is 10.4 Å². The summed E-state index contributed by atoms with van der Waals surface area (Å²) in [6.07, 6.45) is 2.02. The topological polar surface area (TPSA) is 109 Å². The van der Waals surface area contributed by atoms with Gasteiger partial charge in [-0.05, 0) is 24.3 Å². The standard InChI is InChI=1S/C14H11BrN2O5/c15-8-1-3-9(4-2-8)16-12(19)7-17-5-10(14(21)22)13(20)11(18)6-17/h1-6,18H,7H2,(H,16,19)(H,21,22). The quantitative estimate of drug-likeness (QED) is 0.762. The number of amides is 1. The van der Waals surface area contributed by atoms with Gasteiger partial charge >= 0.3 is 5.97 Å². The fourth-order valence-corrected chi connectivity index (χ4v) is 2.02. The van der Waals surface area contributed by atoms with E-state index in [9.17, 15) is 19.5 Å². The molecule has 0 aliphatic carbocycles. The lowest BCUT2D eigenvalue weighted by Crippen LogP contribution is -2.22. The van der Waals surface area contributed by atoms with Gasteiger partial charge in [0.1, 0.15) is 12.1 Å². The van der Waals surface area contributed by atoms with Gasteiger partial charge in [-0.25, -0.2) is 4.79 Å². The predicted molar refractivity (Wildman–Crippen MR) is 82.1 cm³/mol. The van der Waals surface area contributed by atoms with Gasteiger partial charge in [0.15, 0.2) is 5.75 Å². The first-order chi connectivity index (χ1) is 10.4. The van der Waals surface area contributed by atoms with Crippen molar-refractivity contribution in [3.05, 3.63) is 56.9 Å². The number of anilines is 1. The van der Waals surface area contributed by atoms with Gasteiger partial charge in [0, 0.05) is 16.4 Å². The monoisotopic (exact) mass is 366 g/mol. The number of pyridine rings is 1. The van der Waals surface area contributed by atoms with Crippen LogP contribution in [0.5, 0.6) is 5.75 Å². The molecule has 0 saturated carbocycles. The summed E-state index contributed by atoms with van der Waals surface area (Å²) < 4.78 is 2.00. The predicted octanol–water partition coefficient (Wildman–Crippen LogP) is 1.65. The fraction of sp³-hybridized carbons (Fsp3) is 0.0714. The number of benzene rings is 1. The number of rotatable bonds is 4. The molecule has 1 aromatic carbocycles. The lowest BCUT2D eigenvalue weighted by molar-refractivity contribution is -0.116. The molecule has 7 nitrogen and oxygen atoms in total. The van der Waals surface area contributed by atoms with Gasteiger partial charge in [-0.15, -0.1) is 0 Å². The van der Waals surface area contributed by atoms with Gasteiger partial charge in [-0.3, -0.25) is 9.59 Å². The number of nitrogens with zero attached hydrogens (tertiary/aromatic N) is 1. The van der Waals surface area contributed by atoms with E-state index in [1.165, 1.54) is 0 Å². The highest BCUT2D eigenvalue weighted by Gasteiger charge is 2.14. The number of hydrogen-bond donors (Lipinski definition) is 3. The van der Waals surface area contributed by atoms with Gasteiger partial charge in [0.2, 0.25) is 11.3 Å². The van der Waals surface area contributed by atoms with Gasteiger partial charge in [-0.1, -0.05) is 15.9 Å². The molecule has 22 heavy (non-hydrogen) atoms. The first-order valence-corrected chi connectivity index (χ1v) is 6.88. The molecule has 0 saturated heterocycles. The van der Waals surface area contributed by atoms with Crippen LogP contribution in [0.4, 0.5) is 5.69 Å². The number of aromatic nitrogens is 1. The minimum Gasteiger partial charge on any atom is -0.503 e. The minimum atomic E-state index is -1.47. The van der Waals surface area contributed by atoms with E-state index in [1.807, 2.05) is 0 Å². The van der Waals surface area contributed by atoms with Gasteiger partial charge in [0.05, 0.1) is 6.20 Å². The molecule has 0 atom stereocenters. The summed E-state index contributed by atoms with van der Waals surface area (Å²) in [7, 11) is 0. The van der Waals surface area contributed by atoms with Crippen molar-refractivity contribution in [1.82, 2.24) is 4.57 Å². The molecule has 8 heteroatoms. The lowest BCUT2D eigenvalue weighted by atomic mass is 10.2. The maximum absolute atomic E-state index is 11.9. The van der Waals surface area contributed by atoms with Crippen molar-refractivity contribution >= 4 is 33.5 Å². The number of carboxylic acids is 1. The van der Waals surface area contributed by atoms with Crippen molar-refractivity contribution in [2.75, 3.05) is 5.32 Å². The zero-order valence-corrected chi connectivity index (χ0v) is 12.7. The van der Waals surface area contributed by atoms with E-state index in [4.69, 9.17) is 5.11 Å². The Kier molecular flexibility index (Phi) is 4.62. The molecule has 2 aromatic rings. The van der Waals surface area contributed by atoms with Crippen LogP contribution < -0.4 is 10.7 Å². The van der Waals surface area contributed by atoms with Crippen LogP contribution in [-0.2, 0) is 11.3 Å². The van der Waals surface area contributed by atoms with Crippen molar-refractivity contribution < 1.29 is 19.8 Å². The Bertz CT molecular complexity index is 783. The van der Waals surface area contributed by atoms with E-state index in [-0.39, 0.29) is 6.54 Å². The van der Waals surface area contributed by atoms with Gasteiger partial charge in [0.25, 0.3) is 0 Å². The lowest BCUT2D eigenvalue weighted by Gasteiger charge is -2.09. The minimum absolute atomic E-state index is 0.246. The van der Waals surface area contributed by atoms with Crippen LogP contribution in [0.15, 0.2) is 45.9 Å². The molecule has 0 bridgehead atoms. The summed E-state index contributed by atoms with van der Waals surface area (Å²) in [5, 5.41) is 20.9. The molecular weight excluding hydrogens is 356 g/mol. The maximum Gasteiger partial charge on any atom is 0.341 e. The van der Waals surface area contributed by atoms with E-state index >= 15 is 0 Å². The van der Waals surface area contributed by atoms with Crippen LogP contribution in [0.3, 0.4) is 0 Å². The molecule has 0 unspecified atom stereocenters. The summed E-state index contributed by atoms with van der Waals surface area (Å²) in [6, 6.07) is 6.88. The molecule has 0 aliphatic rings. The molecule has 0 spiro atoms. The summed E-state index contributed by atoms with van der Waals surface area (Å²) in [6.45, 7) is -0.246. The highest BCUT2D eigenvalue weighted by atomic mass is 79.9. The van der Waals surface area contributed by atoms with Crippen molar-refractivity contribution in [3.63, 3.8) is 0 Å². The van der Waals surface area contributed by atoms with Crippen LogP contribution in [0.25, 0.3) is 0 Å². The number of halogens is 1. The molecule has 1 heterocycles. The van der Waals surface area contributed by atoms with Crippen molar-refractivity contribution in [1.29, 1.82) is 0 Å². The number of carbonyl (C=O) groups excluding carboxylic acids is 1.